The van der Waals surface area contributed by atoms with Crippen LogP contribution in [0.5, 0.6) is 0 Å². The molecular formula is C12H29N3O2. The van der Waals surface area contributed by atoms with Gasteiger partial charge < -0.3 is 15.2 Å². The largest absolute Gasteiger partial charge is 0.375 e. The van der Waals surface area contributed by atoms with Gasteiger partial charge in [0.25, 0.3) is 0 Å². The highest BCUT2D eigenvalue weighted by atomic mass is 16.5. The first-order chi connectivity index (χ1) is 7.83. The first-order valence-corrected chi connectivity index (χ1v) is 6.24. The first kappa shape index (κ1) is 16.8. The van der Waals surface area contributed by atoms with Crippen LogP contribution >= 0.6 is 0 Å². The third-order valence-electron chi connectivity index (χ3n) is 2.68. The van der Waals surface area contributed by atoms with Crippen LogP contribution in [0.4, 0.5) is 0 Å². The predicted molar refractivity (Wildman–Crippen MR) is 70.5 cm³/mol. The third-order valence-corrected chi connectivity index (χ3v) is 2.68. The highest BCUT2D eigenvalue weighted by Crippen LogP contribution is 2.18. The number of hydrogen-bond donors (Lipinski definition) is 3. The molecule has 0 aliphatic rings. The molecule has 0 aromatic rings. The van der Waals surface area contributed by atoms with Crippen LogP contribution in [0.2, 0.25) is 0 Å². The second-order valence-electron chi connectivity index (χ2n) is 5.46. The monoisotopic (exact) mass is 247 g/mol. The lowest BCUT2D eigenvalue weighted by molar-refractivity contribution is -0.0726. The molecule has 5 N–H and O–H groups in total. The minimum atomic E-state index is -0.185. The highest BCUT2D eigenvalue weighted by molar-refractivity contribution is 4.72. The van der Waals surface area contributed by atoms with Crippen molar-refractivity contribution in [3.05, 3.63) is 0 Å². The van der Waals surface area contributed by atoms with E-state index in [4.69, 9.17) is 21.1 Å². The summed E-state index contributed by atoms with van der Waals surface area (Å²) in [6.45, 7) is 10.8. The summed E-state index contributed by atoms with van der Waals surface area (Å²) in [4.78, 5) is 0. The molecule has 0 rings (SSSR count). The second kappa shape index (κ2) is 8.00. The first-order valence-electron chi connectivity index (χ1n) is 6.24. The van der Waals surface area contributed by atoms with Gasteiger partial charge in [0.1, 0.15) is 0 Å². The number of ether oxygens (including phenoxy) is 2. The Kier molecular flexibility index (Phi) is 7.91. The van der Waals surface area contributed by atoms with Gasteiger partial charge in [-0.15, -0.1) is 0 Å². The lowest BCUT2D eigenvalue weighted by Gasteiger charge is -2.29. The molecule has 0 bridgehead atoms. The van der Waals surface area contributed by atoms with Crippen LogP contribution in [0, 0.1) is 0 Å². The van der Waals surface area contributed by atoms with Gasteiger partial charge >= 0.3 is 0 Å². The molecule has 0 spiro atoms. The molecule has 0 radical (unpaired) electrons. The van der Waals surface area contributed by atoms with Crippen molar-refractivity contribution in [1.29, 1.82) is 0 Å². The molecule has 17 heavy (non-hydrogen) atoms. The van der Waals surface area contributed by atoms with E-state index in [2.05, 4.69) is 33.1 Å². The molecule has 0 aromatic carbocycles. The van der Waals surface area contributed by atoms with E-state index in [1.807, 2.05) is 0 Å². The zero-order valence-electron chi connectivity index (χ0n) is 11.7. The summed E-state index contributed by atoms with van der Waals surface area (Å²) in [5, 5.41) is 0. The number of hydrogen-bond acceptors (Lipinski definition) is 5. The standard InChI is InChI=1S/C12H29N3O2/c1-11(2,5-7-13)16-9-6-12(3,4)17-10-8-15-14/h15H,5-10,13-14H2,1-4H3. The highest BCUT2D eigenvalue weighted by Gasteiger charge is 2.21. The zero-order chi connectivity index (χ0) is 13.4. The molecule has 0 aliphatic carbocycles. The van der Waals surface area contributed by atoms with Crippen LogP contribution in [0.25, 0.3) is 0 Å². The lowest BCUT2D eigenvalue weighted by Crippen LogP contribution is -2.34. The summed E-state index contributed by atoms with van der Waals surface area (Å²) in [5.74, 6) is 5.18. The van der Waals surface area contributed by atoms with E-state index in [1.54, 1.807) is 0 Å². The van der Waals surface area contributed by atoms with Crippen LogP contribution in [0.15, 0.2) is 0 Å². The molecule has 0 fully saturated rings. The van der Waals surface area contributed by atoms with E-state index < -0.39 is 0 Å². The van der Waals surface area contributed by atoms with Crippen LogP contribution in [-0.4, -0.2) is 37.5 Å². The minimum Gasteiger partial charge on any atom is -0.375 e. The Morgan fingerprint density at radius 1 is 0.941 bits per heavy atom. The molecule has 0 unspecified atom stereocenters. The van der Waals surface area contributed by atoms with E-state index in [0.29, 0.717) is 26.3 Å². The van der Waals surface area contributed by atoms with Gasteiger partial charge in [-0.25, -0.2) is 0 Å². The van der Waals surface area contributed by atoms with Gasteiger partial charge in [0, 0.05) is 6.54 Å². The average molecular weight is 247 g/mol. The van der Waals surface area contributed by atoms with Crippen molar-refractivity contribution in [2.24, 2.45) is 11.6 Å². The summed E-state index contributed by atoms with van der Waals surface area (Å²) in [6.07, 6.45) is 1.72. The normalized spacial score (nSPS) is 13.1. The van der Waals surface area contributed by atoms with Gasteiger partial charge in [-0.3, -0.25) is 11.3 Å². The average Bonchev–Trinajstić information content (AvgIpc) is 2.16. The van der Waals surface area contributed by atoms with Gasteiger partial charge in [0.2, 0.25) is 0 Å². The van der Waals surface area contributed by atoms with Crippen LogP contribution in [0.1, 0.15) is 40.5 Å². The molecule has 0 saturated carbocycles. The SMILES string of the molecule is CC(C)(CCN)OCCC(C)(C)OCCNN. The fraction of sp³-hybridized carbons (Fsp3) is 1.00. The number of nitrogens with two attached hydrogens (primary N) is 2. The van der Waals surface area contributed by atoms with Crippen molar-refractivity contribution in [1.82, 2.24) is 5.43 Å². The maximum Gasteiger partial charge on any atom is 0.0649 e. The molecular weight excluding hydrogens is 218 g/mol. The van der Waals surface area contributed by atoms with Crippen molar-refractivity contribution in [3.8, 4) is 0 Å². The summed E-state index contributed by atoms with van der Waals surface area (Å²) >= 11 is 0. The lowest BCUT2D eigenvalue weighted by atomic mass is 10.0. The number of rotatable bonds is 10. The smallest absolute Gasteiger partial charge is 0.0649 e. The van der Waals surface area contributed by atoms with Crippen molar-refractivity contribution in [2.75, 3.05) is 26.3 Å². The quantitative estimate of drug-likeness (QED) is 0.302. The van der Waals surface area contributed by atoms with Gasteiger partial charge in [0.05, 0.1) is 24.4 Å². The molecule has 0 amide bonds. The summed E-state index contributed by atoms with van der Waals surface area (Å²) < 4.78 is 11.5. The molecule has 0 saturated heterocycles. The summed E-state index contributed by atoms with van der Waals surface area (Å²) in [6, 6.07) is 0. The Hall–Kier alpha value is -0.200. The van der Waals surface area contributed by atoms with E-state index in [0.717, 1.165) is 12.8 Å². The summed E-state index contributed by atoms with van der Waals surface area (Å²) in [5.41, 5.74) is 7.76. The topological polar surface area (TPSA) is 82.5 Å². The van der Waals surface area contributed by atoms with Crippen molar-refractivity contribution >= 4 is 0 Å². The van der Waals surface area contributed by atoms with Crippen LogP contribution in [0.3, 0.4) is 0 Å². The van der Waals surface area contributed by atoms with Gasteiger partial charge in [-0.2, -0.15) is 0 Å². The van der Waals surface area contributed by atoms with Crippen molar-refractivity contribution in [3.63, 3.8) is 0 Å². The molecule has 0 heterocycles. The molecule has 5 nitrogen and oxygen atoms in total. The third kappa shape index (κ3) is 9.50. The number of hydrazine groups is 1. The molecule has 0 aliphatic heterocycles. The Balaban J connectivity index is 3.77. The molecule has 104 valence electrons. The van der Waals surface area contributed by atoms with E-state index in [9.17, 15) is 0 Å². The Morgan fingerprint density at radius 3 is 2.00 bits per heavy atom. The van der Waals surface area contributed by atoms with E-state index >= 15 is 0 Å². The van der Waals surface area contributed by atoms with Gasteiger partial charge in [-0.05, 0) is 47.1 Å². The maximum absolute atomic E-state index is 5.81. The van der Waals surface area contributed by atoms with Crippen molar-refractivity contribution in [2.45, 2.75) is 51.7 Å². The number of nitrogens with one attached hydrogen (secondary N) is 1. The van der Waals surface area contributed by atoms with Crippen molar-refractivity contribution < 1.29 is 9.47 Å². The maximum atomic E-state index is 5.81. The minimum absolute atomic E-state index is 0.149. The Labute approximate surface area is 105 Å². The zero-order valence-corrected chi connectivity index (χ0v) is 11.7. The Morgan fingerprint density at radius 2 is 1.47 bits per heavy atom. The second-order valence-corrected chi connectivity index (χ2v) is 5.46. The van der Waals surface area contributed by atoms with E-state index in [-0.39, 0.29) is 11.2 Å². The van der Waals surface area contributed by atoms with Gasteiger partial charge in [-0.1, -0.05) is 0 Å². The van der Waals surface area contributed by atoms with Gasteiger partial charge in [0.15, 0.2) is 0 Å². The van der Waals surface area contributed by atoms with Crippen LogP contribution in [-0.2, 0) is 9.47 Å². The predicted octanol–water partition coefficient (Wildman–Crippen LogP) is 0.779. The fourth-order valence-electron chi connectivity index (χ4n) is 1.45. The summed E-state index contributed by atoms with van der Waals surface area (Å²) in [7, 11) is 0. The fourth-order valence-corrected chi connectivity index (χ4v) is 1.45. The Bertz CT molecular complexity index is 196. The molecule has 0 atom stereocenters. The van der Waals surface area contributed by atoms with E-state index in [1.165, 1.54) is 0 Å². The molecule has 0 aromatic heterocycles. The molecule has 5 heteroatoms. The van der Waals surface area contributed by atoms with Crippen LogP contribution < -0.4 is 17.0 Å².